The van der Waals surface area contributed by atoms with Crippen LogP contribution in [-0.4, -0.2) is 25.8 Å². The van der Waals surface area contributed by atoms with Gasteiger partial charge >= 0.3 is 0 Å². The molecule has 5 rings (SSSR count). The Morgan fingerprint density at radius 2 is 1.96 bits per heavy atom. The van der Waals surface area contributed by atoms with Gasteiger partial charge in [-0.1, -0.05) is 12.1 Å². The standard InChI is InChI=1S/C20H18FN5O/c1-10(18-23-16-7-6-11(21)8-17(16)26-18)22-20(27)13-9-12(13)19-24-14-4-2-3-5-15(14)25-19/h2-8,10,12-13H,9H2,1H3,(H,22,27)(H,23,26)(H,24,25)/t10?,12-,13-/m0/s1. The van der Waals surface area contributed by atoms with Crippen LogP contribution >= 0.6 is 0 Å². The first kappa shape index (κ1) is 16.0. The number of H-pyrrole nitrogens is 2. The smallest absolute Gasteiger partial charge is 0.224 e. The normalized spacial score (nSPS) is 20.1. The molecule has 1 fully saturated rings. The number of amides is 1. The topological polar surface area (TPSA) is 86.5 Å². The number of aromatic nitrogens is 4. The molecule has 0 spiro atoms. The highest BCUT2D eigenvalue weighted by Crippen LogP contribution is 2.47. The van der Waals surface area contributed by atoms with Crippen LogP contribution < -0.4 is 5.32 Å². The lowest BCUT2D eigenvalue weighted by Crippen LogP contribution is -2.29. The van der Waals surface area contributed by atoms with E-state index in [-0.39, 0.29) is 29.6 Å². The van der Waals surface area contributed by atoms with Gasteiger partial charge in [0.1, 0.15) is 17.5 Å². The molecule has 27 heavy (non-hydrogen) atoms. The first-order valence-electron chi connectivity index (χ1n) is 8.98. The highest BCUT2D eigenvalue weighted by Gasteiger charge is 2.46. The third kappa shape index (κ3) is 2.85. The summed E-state index contributed by atoms with van der Waals surface area (Å²) in [6.07, 6.45) is 0.781. The first-order valence-corrected chi connectivity index (χ1v) is 8.98. The number of imidazole rings is 2. The molecule has 0 aliphatic heterocycles. The van der Waals surface area contributed by atoms with Crippen molar-refractivity contribution in [3.05, 3.63) is 59.9 Å². The second-order valence-corrected chi connectivity index (χ2v) is 7.10. The molecule has 1 unspecified atom stereocenters. The number of carbonyl (C=O) groups is 1. The Labute approximate surface area is 154 Å². The van der Waals surface area contributed by atoms with Crippen molar-refractivity contribution in [2.45, 2.75) is 25.3 Å². The first-order chi connectivity index (χ1) is 13.1. The highest BCUT2D eigenvalue weighted by molar-refractivity contribution is 5.84. The summed E-state index contributed by atoms with van der Waals surface area (Å²) >= 11 is 0. The Bertz CT molecular complexity index is 1130. The fourth-order valence-corrected chi connectivity index (χ4v) is 3.53. The number of aromatic amines is 2. The van der Waals surface area contributed by atoms with E-state index in [9.17, 15) is 9.18 Å². The number of halogens is 1. The molecule has 1 aliphatic rings. The molecule has 2 aromatic carbocycles. The summed E-state index contributed by atoms with van der Waals surface area (Å²) in [5, 5.41) is 3.00. The number of hydrogen-bond donors (Lipinski definition) is 3. The Morgan fingerprint density at radius 3 is 2.81 bits per heavy atom. The molecule has 6 nitrogen and oxygen atoms in total. The molecular formula is C20H18FN5O. The van der Waals surface area contributed by atoms with Gasteiger partial charge in [0, 0.05) is 11.8 Å². The van der Waals surface area contributed by atoms with Crippen molar-refractivity contribution in [1.82, 2.24) is 25.3 Å². The molecule has 0 radical (unpaired) electrons. The van der Waals surface area contributed by atoms with Gasteiger partial charge in [-0.2, -0.15) is 0 Å². The van der Waals surface area contributed by atoms with Gasteiger partial charge in [0.05, 0.1) is 28.1 Å². The van der Waals surface area contributed by atoms with Crippen LogP contribution in [-0.2, 0) is 4.79 Å². The van der Waals surface area contributed by atoms with Gasteiger partial charge in [-0.15, -0.1) is 0 Å². The second-order valence-electron chi connectivity index (χ2n) is 7.10. The van der Waals surface area contributed by atoms with Crippen molar-refractivity contribution in [2.75, 3.05) is 0 Å². The minimum absolute atomic E-state index is 0.0143. The van der Waals surface area contributed by atoms with Crippen LogP contribution in [0.3, 0.4) is 0 Å². The number of fused-ring (bicyclic) bond motifs is 2. The average molecular weight is 363 g/mol. The van der Waals surface area contributed by atoms with Crippen molar-refractivity contribution in [1.29, 1.82) is 0 Å². The monoisotopic (exact) mass is 363 g/mol. The molecule has 1 amide bonds. The Balaban J connectivity index is 1.28. The molecule has 2 heterocycles. The van der Waals surface area contributed by atoms with Gasteiger partial charge < -0.3 is 15.3 Å². The summed E-state index contributed by atoms with van der Waals surface area (Å²) in [5.74, 6) is 1.18. The quantitative estimate of drug-likeness (QED) is 0.518. The predicted molar refractivity (Wildman–Crippen MR) is 99.6 cm³/mol. The van der Waals surface area contributed by atoms with E-state index in [1.165, 1.54) is 12.1 Å². The third-order valence-electron chi connectivity index (χ3n) is 5.12. The highest BCUT2D eigenvalue weighted by atomic mass is 19.1. The zero-order valence-electron chi connectivity index (χ0n) is 14.7. The predicted octanol–water partition coefficient (Wildman–Crippen LogP) is 3.56. The van der Waals surface area contributed by atoms with Gasteiger partial charge in [0.25, 0.3) is 0 Å². The van der Waals surface area contributed by atoms with Gasteiger partial charge in [-0.3, -0.25) is 4.79 Å². The van der Waals surface area contributed by atoms with E-state index in [0.717, 1.165) is 23.3 Å². The van der Waals surface area contributed by atoms with Crippen LogP contribution in [0.5, 0.6) is 0 Å². The molecule has 2 aromatic heterocycles. The van der Waals surface area contributed by atoms with Gasteiger partial charge in [0.2, 0.25) is 5.91 Å². The van der Waals surface area contributed by atoms with E-state index >= 15 is 0 Å². The summed E-state index contributed by atoms with van der Waals surface area (Å²) in [6, 6.07) is 12.0. The Hall–Kier alpha value is -3.22. The second kappa shape index (κ2) is 5.90. The van der Waals surface area contributed by atoms with E-state index < -0.39 is 0 Å². The van der Waals surface area contributed by atoms with Crippen molar-refractivity contribution >= 4 is 28.0 Å². The minimum atomic E-state index is -0.318. The van der Waals surface area contributed by atoms with Gasteiger partial charge in [-0.25, -0.2) is 14.4 Å². The van der Waals surface area contributed by atoms with Crippen LogP contribution in [0.2, 0.25) is 0 Å². The minimum Gasteiger partial charge on any atom is -0.346 e. The lowest BCUT2D eigenvalue weighted by atomic mass is 10.2. The van der Waals surface area contributed by atoms with Crippen molar-refractivity contribution in [3.8, 4) is 0 Å². The van der Waals surface area contributed by atoms with Crippen LogP contribution in [0, 0.1) is 11.7 Å². The number of benzene rings is 2. The summed E-state index contributed by atoms with van der Waals surface area (Å²) in [7, 11) is 0. The molecule has 0 bridgehead atoms. The average Bonchev–Trinajstić information content (AvgIpc) is 3.16. The Kier molecular flexibility index (Phi) is 3.50. The fourth-order valence-electron chi connectivity index (χ4n) is 3.53. The lowest BCUT2D eigenvalue weighted by molar-refractivity contribution is -0.123. The molecule has 3 atom stereocenters. The third-order valence-corrected chi connectivity index (χ3v) is 5.12. The van der Waals surface area contributed by atoms with Crippen molar-refractivity contribution in [3.63, 3.8) is 0 Å². The maximum absolute atomic E-state index is 13.3. The summed E-state index contributed by atoms with van der Waals surface area (Å²) in [5.41, 5.74) is 3.21. The number of nitrogens with zero attached hydrogens (tertiary/aromatic N) is 2. The number of nitrogens with one attached hydrogen (secondary N) is 3. The summed E-state index contributed by atoms with van der Waals surface area (Å²) in [6.45, 7) is 1.87. The molecule has 1 saturated carbocycles. The zero-order valence-corrected chi connectivity index (χ0v) is 14.7. The van der Waals surface area contributed by atoms with E-state index in [1.54, 1.807) is 6.07 Å². The molecule has 1 aliphatic carbocycles. The number of para-hydroxylation sites is 2. The zero-order chi connectivity index (χ0) is 18.5. The van der Waals surface area contributed by atoms with Gasteiger partial charge in [-0.05, 0) is 43.7 Å². The summed E-state index contributed by atoms with van der Waals surface area (Å²) in [4.78, 5) is 28.0. The molecule has 0 saturated heterocycles. The van der Waals surface area contributed by atoms with Crippen LogP contribution in [0.15, 0.2) is 42.5 Å². The molecule has 3 N–H and O–H groups in total. The van der Waals surface area contributed by atoms with Crippen LogP contribution in [0.1, 0.15) is 37.0 Å². The maximum atomic E-state index is 13.3. The van der Waals surface area contributed by atoms with Crippen molar-refractivity contribution < 1.29 is 9.18 Å². The van der Waals surface area contributed by atoms with E-state index in [4.69, 9.17) is 0 Å². The van der Waals surface area contributed by atoms with E-state index in [0.29, 0.717) is 16.9 Å². The van der Waals surface area contributed by atoms with Gasteiger partial charge in [0.15, 0.2) is 0 Å². The molecular weight excluding hydrogens is 345 g/mol. The van der Waals surface area contributed by atoms with E-state index in [2.05, 4.69) is 25.3 Å². The molecule has 136 valence electrons. The maximum Gasteiger partial charge on any atom is 0.224 e. The number of rotatable bonds is 4. The van der Waals surface area contributed by atoms with Crippen molar-refractivity contribution in [2.24, 2.45) is 5.92 Å². The number of hydrogen-bond acceptors (Lipinski definition) is 3. The lowest BCUT2D eigenvalue weighted by Gasteiger charge is -2.11. The largest absolute Gasteiger partial charge is 0.346 e. The molecule has 7 heteroatoms. The summed E-state index contributed by atoms with van der Waals surface area (Å²) < 4.78 is 13.3. The fraction of sp³-hybridized carbons (Fsp3) is 0.250. The van der Waals surface area contributed by atoms with Crippen LogP contribution in [0.4, 0.5) is 4.39 Å². The molecule has 4 aromatic rings. The van der Waals surface area contributed by atoms with E-state index in [1.807, 2.05) is 31.2 Å². The SMILES string of the molecule is CC(NC(=O)[C@H]1C[C@@H]1c1nc2ccccc2[nH]1)c1nc2ccc(F)cc2[nH]1. The van der Waals surface area contributed by atoms with Crippen LogP contribution in [0.25, 0.3) is 22.1 Å². The Morgan fingerprint density at radius 1 is 1.15 bits per heavy atom. The number of carbonyl (C=O) groups excluding carboxylic acids is 1.